The minimum atomic E-state index is -0.144. The summed E-state index contributed by atoms with van der Waals surface area (Å²) in [4.78, 5) is 15.6. The van der Waals surface area contributed by atoms with Gasteiger partial charge in [0.2, 0.25) is 0 Å². The average Bonchev–Trinajstić information content (AvgIpc) is 2.80. The van der Waals surface area contributed by atoms with Crippen LogP contribution in [0.4, 0.5) is 10.7 Å². The number of nitrogens with one attached hydrogen (secondary N) is 2. The minimum Gasteiger partial charge on any atom is -0.396 e. The average molecular weight is 330 g/mol. The van der Waals surface area contributed by atoms with Crippen LogP contribution in [0.5, 0.6) is 0 Å². The number of ether oxygens (including phenoxy) is 1. The number of likely N-dealkylation sites (N-methyl/N-ethyl adjacent to an activating group) is 1. The lowest BCUT2D eigenvalue weighted by Crippen LogP contribution is -2.43. The number of amides is 1. The molecule has 8 heteroatoms. The van der Waals surface area contributed by atoms with Gasteiger partial charge in [-0.3, -0.25) is 4.79 Å². The summed E-state index contributed by atoms with van der Waals surface area (Å²) < 4.78 is 5.73. The summed E-state index contributed by atoms with van der Waals surface area (Å²) in [5, 5.41) is 6.94. The first-order valence-corrected chi connectivity index (χ1v) is 8.83. The van der Waals surface area contributed by atoms with Gasteiger partial charge in [-0.05, 0) is 13.3 Å². The van der Waals surface area contributed by atoms with Crippen LogP contribution < -0.4 is 16.4 Å². The van der Waals surface area contributed by atoms with Crippen molar-refractivity contribution in [3.8, 4) is 0 Å². The lowest BCUT2D eigenvalue weighted by atomic mass is 10.3. The third-order valence-electron chi connectivity index (χ3n) is 3.37. The second-order valence-corrected chi connectivity index (χ2v) is 6.76. The zero-order valence-corrected chi connectivity index (χ0v) is 14.2. The van der Waals surface area contributed by atoms with Crippen LogP contribution in [0.2, 0.25) is 0 Å². The highest BCUT2D eigenvalue weighted by molar-refractivity contribution is 7.99. The highest BCUT2D eigenvalue weighted by Gasteiger charge is 2.22. The van der Waals surface area contributed by atoms with Crippen LogP contribution in [-0.4, -0.2) is 63.5 Å². The normalized spacial score (nSPS) is 19.5. The number of thiophene rings is 1. The molecule has 0 aliphatic carbocycles. The molecule has 6 nitrogen and oxygen atoms in total. The molecule has 0 bridgehead atoms. The summed E-state index contributed by atoms with van der Waals surface area (Å²) >= 11 is 2.94. The molecule has 1 aliphatic rings. The molecule has 0 saturated carbocycles. The highest BCUT2D eigenvalue weighted by atomic mass is 32.2. The van der Waals surface area contributed by atoms with E-state index in [-0.39, 0.29) is 12.0 Å². The molecule has 1 unspecified atom stereocenters. The zero-order valence-electron chi connectivity index (χ0n) is 12.6. The number of thioether (sulfide) groups is 1. The first kappa shape index (κ1) is 16.4. The van der Waals surface area contributed by atoms with Crippen molar-refractivity contribution in [3.05, 3.63) is 4.88 Å². The van der Waals surface area contributed by atoms with Crippen LogP contribution in [0.25, 0.3) is 0 Å². The Kier molecular flexibility index (Phi) is 5.74. The molecule has 1 aliphatic heterocycles. The standard InChI is InChI=1S/C13H22N4O2S2/c1-15-12(18)10-9(14)11(20-3)13(21-10)16-6-8-7-17(2)4-5-19-8/h8,16H,4-7,14H2,1-3H3,(H,15,18). The van der Waals surface area contributed by atoms with Crippen molar-refractivity contribution in [1.82, 2.24) is 10.2 Å². The number of hydrogen-bond donors (Lipinski definition) is 3. The van der Waals surface area contributed by atoms with Crippen molar-refractivity contribution in [2.75, 3.05) is 57.6 Å². The number of morpholine rings is 1. The van der Waals surface area contributed by atoms with Crippen LogP contribution in [0.15, 0.2) is 4.90 Å². The molecule has 0 radical (unpaired) electrons. The molecule has 1 fully saturated rings. The second kappa shape index (κ2) is 7.35. The molecule has 2 rings (SSSR count). The molecule has 1 amide bonds. The maximum absolute atomic E-state index is 11.8. The van der Waals surface area contributed by atoms with Crippen molar-refractivity contribution in [2.45, 2.75) is 11.0 Å². The van der Waals surface area contributed by atoms with Gasteiger partial charge in [-0.2, -0.15) is 0 Å². The molecular weight excluding hydrogens is 308 g/mol. The summed E-state index contributed by atoms with van der Waals surface area (Å²) in [5.74, 6) is -0.144. The molecular formula is C13H22N4O2S2. The first-order chi connectivity index (χ1) is 10.1. The topological polar surface area (TPSA) is 79.6 Å². The van der Waals surface area contributed by atoms with Crippen LogP contribution in [0.1, 0.15) is 9.67 Å². The number of nitrogen functional groups attached to an aromatic ring is 1. The smallest absolute Gasteiger partial charge is 0.263 e. The SMILES string of the molecule is CNC(=O)c1sc(NCC2CN(C)CCO2)c(SC)c1N. The van der Waals surface area contributed by atoms with Crippen molar-refractivity contribution in [1.29, 1.82) is 0 Å². The summed E-state index contributed by atoms with van der Waals surface area (Å²) in [6.07, 6.45) is 2.12. The monoisotopic (exact) mass is 330 g/mol. The number of nitrogens with two attached hydrogens (primary N) is 1. The van der Waals surface area contributed by atoms with Crippen LogP contribution >= 0.6 is 23.1 Å². The molecule has 1 saturated heterocycles. The van der Waals surface area contributed by atoms with E-state index in [1.807, 2.05) is 6.26 Å². The molecule has 118 valence electrons. The van der Waals surface area contributed by atoms with E-state index in [1.54, 1.807) is 18.8 Å². The lowest BCUT2D eigenvalue weighted by molar-refractivity contribution is -0.0117. The van der Waals surface area contributed by atoms with E-state index >= 15 is 0 Å². The Hall–Kier alpha value is -0.960. The predicted molar refractivity (Wildman–Crippen MR) is 89.6 cm³/mol. The fraction of sp³-hybridized carbons (Fsp3) is 0.615. The van der Waals surface area contributed by atoms with E-state index in [0.29, 0.717) is 17.1 Å². The van der Waals surface area contributed by atoms with Crippen LogP contribution in [0.3, 0.4) is 0 Å². The van der Waals surface area contributed by atoms with E-state index in [0.717, 1.165) is 29.6 Å². The molecule has 0 spiro atoms. The van der Waals surface area contributed by atoms with Gasteiger partial charge in [0.15, 0.2) is 0 Å². The Morgan fingerprint density at radius 3 is 3.00 bits per heavy atom. The van der Waals surface area contributed by atoms with Crippen LogP contribution in [0, 0.1) is 0 Å². The van der Waals surface area contributed by atoms with E-state index in [9.17, 15) is 4.79 Å². The van der Waals surface area contributed by atoms with Crippen LogP contribution in [-0.2, 0) is 4.74 Å². The maximum atomic E-state index is 11.8. The molecule has 21 heavy (non-hydrogen) atoms. The van der Waals surface area contributed by atoms with Gasteiger partial charge in [0.1, 0.15) is 9.88 Å². The maximum Gasteiger partial charge on any atom is 0.263 e. The van der Waals surface area contributed by atoms with Crippen molar-refractivity contribution < 1.29 is 9.53 Å². The molecule has 1 aromatic rings. The van der Waals surface area contributed by atoms with Crippen molar-refractivity contribution >= 4 is 39.7 Å². The number of carbonyl (C=O) groups excluding carboxylic acids is 1. The largest absolute Gasteiger partial charge is 0.396 e. The fourth-order valence-electron chi connectivity index (χ4n) is 2.23. The molecule has 2 heterocycles. The summed E-state index contributed by atoms with van der Waals surface area (Å²) in [6, 6.07) is 0. The van der Waals surface area contributed by atoms with Gasteiger partial charge in [-0.15, -0.1) is 23.1 Å². The van der Waals surface area contributed by atoms with Gasteiger partial charge in [0, 0.05) is 26.7 Å². The molecule has 1 atom stereocenters. The Balaban J connectivity index is 2.07. The number of anilines is 2. The third kappa shape index (κ3) is 3.82. The Morgan fingerprint density at radius 1 is 1.62 bits per heavy atom. The van der Waals surface area contributed by atoms with E-state index in [4.69, 9.17) is 10.5 Å². The number of rotatable bonds is 5. The first-order valence-electron chi connectivity index (χ1n) is 6.79. The van der Waals surface area contributed by atoms with Gasteiger partial charge in [-0.1, -0.05) is 0 Å². The van der Waals surface area contributed by atoms with Gasteiger partial charge >= 0.3 is 0 Å². The summed E-state index contributed by atoms with van der Waals surface area (Å²) in [6.45, 7) is 3.35. The van der Waals surface area contributed by atoms with E-state index in [2.05, 4.69) is 22.6 Å². The zero-order chi connectivity index (χ0) is 15.4. The van der Waals surface area contributed by atoms with Crippen molar-refractivity contribution in [3.63, 3.8) is 0 Å². The number of hydrogen-bond acceptors (Lipinski definition) is 7. The Labute approximate surface area is 133 Å². The number of carbonyl (C=O) groups is 1. The molecule has 0 aromatic carbocycles. The van der Waals surface area contributed by atoms with E-state index in [1.165, 1.54) is 11.3 Å². The molecule has 4 N–H and O–H groups in total. The quantitative estimate of drug-likeness (QED) is 0.703. The summed E-state index contributed by atoms with van der Waals surface area (Å²) in [7, 11) is 3.70. The highest BCUT2D eigenvalue weighted by Crippen LogP contribution is 2.41. The van der Waals surface area contributed by atoms with Crippen molar-refractivity contribution in [2.24, 2.45) is 0 Å². The summed E-state index contributed by atoms with van der Waals surface area (Å²) in [5.41, 5.74) is 6.62. The van der Waals surface area contributed by atoms with Gasteiger partial charge in [0.25, 0.3) is 5.91 Å². The fourth-order valence-corrected chi connectivity index (χ4v) is 4.22. The molecule has 1 aromatic heterocycles. The van der Waals surface area contributed by atoms with Gasteiger partial charge < -0.3 is 26.0 Å². The van der Waals surface area contributed by atoms with E-state index < -0.39 is 0 Å². The van der Waals surface area contributed by atoms with Gasteiger partial charge in [-0.25, -0.2) is 0 Å². The Bertz CT molecular complexity index is 507. The third-order valence-corrected chi connectivity index (χ3v) is 5.49. The lowest BCUT2D eigenvalue weighted by Gasteiger charge is -2.30. The second-order valence-electron chi connectivity index (χ2n) is 4.92. The Morgan fingerprint density at radius 2 is 2.38 bits per heavy atom. The minimum absolute atomic E-state index is 0.144. The predicted octanol–water partition coefficient (Wildman–Crippen LogP) is 1.15. The number of nitrogens with zero attached hydrogens (tertiary/aromatic N) is 1. The van der Waals surface area contributed by atoms with Gasteiger partial charge in [0.05, 0.1) is 23.3 Å².